The fraction of sp³-hybridized carbons (Fsp3) is 0.308. The van der Waals surface area contributed by atoms with E-state index in [0.717, 1.165) is 6.42 Å². The van der Waals surface area contributed by atoms with Gasteiger partial charge in [0.1, 0.15) is 0 Å². The first-order valence-electron chi connectivity index (χ1n) is 5.88. The average Bonchev–Trinajstić information content (AvgIpc) is 2.80. The van der Waals surface area contributed by atoms with Gasteiger partial charge >= 0.3 is 11.9 Å². The first kappa shape index (κ1) is 11.0. The molecule has 1 atom stereocenters. The van der Waals surface area contributed by atoms with Gasteiger partial charge in [-0.15, -0.1) is 10.2 Å². The molecule has 0 bridgehead atoms. The molecule has 1 unspecified atom stereocenters. The van der Waals surface area contributed by atoms with Crippen LogP contribution >= 0.6 is 0 Å². The van der Waals surface area contributed by atoms with Crippen molar-refractivity contribution in [2.45, 2.75) is 19.3 Å². The maximum absolute atomic E-state index is 11.4. The van der Waals surface area contributed by atoms with Gasteiger partial charge in [0.15, 0.2) is 0 Å². The molecule has 1 heterocycles. The molecule has 92 valence electrons. The zero-order valence-electron chi connectivity index (χ0n) is 9.92. The second kappa shape index (κ2) is 4.25. The zero-order chi connectivity index (χ0) is 12.5. The molecule has 1 aromatic heterocycles. The van der Waals surface area contributed by atoms with E-state index in [1.807, 2.05) is 18.2 Å². The number of benzene rings is 1. The number of nitrogens with zero attached hydrogens (tertiary/aromatic N) is 2. The van der Waals surface area contributed by atoms with Crippen LogP contribution in [0.4, 0.5) is 0 Å². The van der Waals surface area contributed by atoms with E-state index in [1.54, 1.807) is 6.92 Å². The predicted octanol–water partition coefficient (Wildman–Crippen LogP) is 1.93. The molecule has 3 rings (SSSR count). The van der Waals surface area contributed by atoms with E-state index < -0.39 is 5.97 Å². The molecule has 1 aliphatic rings. The molecular weight excluding hydrogens is 232 g/mol. The van der Waals surface area contributed by atoms with Crippen molar-refractivity contribution in [3.05, 3.63) is 47.2 Å². The van der Waals surface area contributed by atoms with Gasteiger partial charge < -0.3 is 9.15 Å². The van der Waals surface area contributed by atoms with Crippen LogP contribution in [-0.2, 0) is 11.2 Å². The van der Waals surface area contributed by atoms with E-state index in [9.17, 15) is 4.79 Å². The predicted molar refractivity (Wildman–Crippen MR) is 62.2 cm³/mol. The number of carbonyl (C=O) groups excluding carboxylic acids is 1. The van der Waals surface area contributed by atoms with E-state index in [4.69, 9.17) is 9.15 Å². The van der Waals surface area contributed by atoms with Gasteiger partial charge in [-0.2, -0.15) is 0 Å². The van der Waals surface area contributed by atoms with Gasteiger partial charge in [0.2, 0.25) is 5.89 Å². The van der Waals surface area contributed by atoms with Gasteiger partial charge in [-0.1, -0.05) is 24.3 Å². The highest BCUT2D eigenvalue weighted by Crippen LogP contribution is 2.39. The van der Waals surface area contributed by atoms with Gasteiger partial charge in [-0.25, -0.2) is 4.79 Å². The third-order valence-electron chi connectivity index (χ3n) is 3.04. The molecule has 1 aliphatic carbocycles. The number of fused-ring (bicyclic) bond motifs is 1. The number of aromatic nitrogens is 2. The lowest BCUT2D eigenvalue weighted by atomic mass is 9.77. The molecule has 0 spiro atoms. The number of hydrogen-bond donors (Lipinski definition) is 0. The van der Waals surface area contributed by atoms with Gasteiger partial charge in [0.25, 0.3) is 0 Å². The Hall–Kier alpha value is -2.17. The Balaban J connectivity index is 1.82. The van der Waals surface area contributed by atoms with E-state index in [1.165, 1.54) is 11.1 Å². The van der Waals surface area contributed by atoms with Crippen LogP contribution in [0.1, 0.15) is 40.5 Å². The molecule has 5 nitrogen and oxygen atoms in total. The van der Waals surface area contributed by atoms with E-state index >= 15 is 0 Å². The van der Waals surface area contributed by atoms with Crippen molar-refractivity contribution in [1.29, 1.82) is 0 Å². The quantitative estimate of drug-likeness (QED) is 0.772. The maximum atomic E-state index is 11.4. The second-order valence-electron chi connectivity index (χ2n) is 4.12. The van der Waals surface area contributed by atoms with Crippen molar-refractivity contribution < 1.29 is 13.9 Å². The Morgan fingerprint density at radius 3 is 3.06 bits per heavy atom. The molecule has 0 radical (unpaired) electrons. The molecule has 2 aromatic rings. The lowest BCUT2D eigenvalue weighted by Gasteiger charge is -2.26. The molecule has 0 aliphatic heterocycles. The van der Waals surface area contributed by atoms with Crippen molar-refractivity contribution >= 4 is 5.97 Å². The second-order valence-corrected chi connectivity index (χ2v) is 4.12. The summed E-state index contributed by atoms with van der Waals surface area (Å²) in [5.74, 6) is -0.0475. The molecule has 0 amide bonds. The minimum absolute atomic E-state index is 0.0729. The standard InChI is InChI=1S/C13H12N2O3/c1-2-17-13(16)12-15-14-11(18-12)10-7-8-5-3-4-6-9(8)10/h3-6,10H,2,7H2,1H3. The summed E-state index contributed by atoms with van der Waals surface area (Å²) in [5, 5.41) is 7.64. The fourth-order valence-electron chi connectivity index (χ4n) is 2.13. The number of hydrogen-bond acceptors (Lipinski definition) is 5. The maximum Gasteiger partial charge on any atom is 0.396 e. The molecule has 1 aromatic carbocycles. The smallest absolute Gasteiger partial charge is 0.396 e. The van der Waals surface area contributed by atoms with Gasteiger partial charge in [-0.05, 0) is 24.5 Å². The minimum atomic E-state index is -0.566. The van der Waals surface area contributed by atoms with Gasteiger partial charge in [-0.3, -0.25) is 0 Å². The van der Waals surface area contributed by atoms with Crippen molar-refractivity contribution in [1.82, 2.24) is 10.2 Å². The van der Waals surface area contributed by atoms with Crippen molar-refractivity contribution in [2.24, 2.45) is 0 Å². The molecule has 0 fully saturated rings. The van der Waals surface area contributed by atoms with Crippen LogP contribution in [0.15, 0.2) is 28.7 Å². The normalized spacial score (nSPS) is 16.8. The van der Waals surface area contributed by atoms with Crippen molar-refractivity contribution in [3.8, 4) is 0 Å². The van der Waals surface area contributed by atoms with E-state index in [0.29, 0.717) is 12.5 Å². The molecular formula is C13H12N2O3. The topological polar surface area (TPSA) is 65.2 Å². The highest BCUT2D eigenvalue weighted by Gasteiger charge is 2.32. The first-order valence-corrected chi connectivity index (χ1v) is 5.88. The number of esters is 1. The summed E-state index contributed by atoms with van der Waals surface area (Å²) < 4.78 is 10.2. The molecule has 5 heteroatoms. The van der Waals surface area contributed by atoms with Crippen molar-refractivity contribution in [3.63, 3.8) is 0 Å². The Morgan fingerprint density at radius 1 is 1.44 bits per heavy atom. The summed E-state index contributed by atoms with van der Waals surface area (Å²) in [5.41, 5.74) is 2.48. The Labute approximate surface area is 104 Å². The number of carbonyl (C=O) groups is 1. The third-order valence-corrected chi connectivity index (χ3v) is 3.04. The minimum Gasteiger partial charge on any atom is -0.459 e. The van der Waals surface area contributed by atoms with Gasteiger partial charge in [0.05, 0.1) is 12.5 Å². The molecule has 18 heavy (non-hydrogen) atoms. The van der Waals surface area contributed by atoms with Crippen LogP contribution in [0.5, 0.6) is 0 Å². The molecule has 0 N–H and O–H groups in total. The van der Waals surface area contributed by atoms with Crippen LogP contribution in [0.3, 0.4) is 0 Å². The van der Waals surface area contributed by atoms with Crippen LogP contribution in [-0.4, -0.2) is 22.8 Å². The molecule has 0 saturated carbocycles. The number of ether oxygens (including phenoxy) is 1. The van der Waals surface area contributed by atoms with Crippen molar-refractivity contribution in [2.75, 3.05) is 6.61 Å². The highest BCUT2D eigenvalue weighted by molar-refractivity contribution is 5.83. The lowest BCUT2D eigenvalue weighted by molar-refractivity contribution is 0.0478. The van der Waals surface area contributed by atoms with Crippen LogP contribution in [0, 0.1) is 0 Å². The van der Waals surface area contributed by atoms with Crippen LogP contribution in [0.25, 0.3) is 0 Å². The van der Waals surface area contributed by atoms with E-state index in [2.05, 4.69) is 16.3 Å². The van der Waals surface area contributed by atoms with E-state index in [-0.39, 0.29) is 11.8 Å². The first-order chi connectivity index (χ1) is 8.79. The largest absolute Gasteiger partial charge is 0.459 e. The van der Waals surface area contributed by atoms with Gasteiger partial charge in [0, 0.05) is 0 Å². The van der Waals surface area contributed by atoms with Crippen LogP contribution < -0.4 is 0 Å². The monoisotopic (exact) mass is 244 g/mol. The zero-order valence-corrected chi connectivity index (χ0v) is 9.92. The summed E-state index contributed by atoms with van der Waals surface area (Å²) in [6, 6.07) is 8.10. The number of rotatable bonds is 3. The van der Waals surface area contributed by atoms with Crippen LogP contribution in [0.2, 0.25) is 0 Å². The summed E-state index contributed by atoms with van der Waals surface area (Å²) in [7, 11) is 0. The SMILES string of the molecule is CCOC(=O)c1nnc(C2Cc3ccccc32)o1. The Bertz CT molecular complexity index is 591. The molecule has 0 saturated heterocycles. The lowest BCUT2D eigenvalue weighted by Crippen LogP contribution is -2.18. The summed E-state index contributed by atoms with van der Waals surface area (Å²) in [4.78, 5) is 11.4. The average molecular weight is 244 g/mol. The summed E-state index contributed by atoms with van der Waals surface area (Å²) >= 11 is 0. The Morgan fingerprint density at radius 2 is 2.28 bits per heavy atom. The fourth-order valence-corrected chi connectivity index (χ4v) is 2.13. The highest BCUT2D eigenvalue weighted by atomic mass is 16.5. The summed E-state index contributed by atoms with van der Waals surface area (Å²) in [6.07, 6.45) is 0.876. The summed E-state index contributed by atoms with van der Waals surface area (Å²) in [6.45, 7) is 2.03. The Kier molecular flexibility index (Phi) is 2.59. The third kappa shape index (κ3) is 1.68.